The Kier molecular flexibility index (Phi) is 3.93. The Labute approximate surface area is 185 Å². The Morgan fingerprint density at radius 3 is 2.72 bits per heavy atom. The molecule has 32 heavy (non-hydrogen) atoms. The molecule has 1 aromatic carbocycles. The number of Topliss-reactive ketones (excluding diaryl/α,β-unsaturated/α-hetero) is 1. The second-order valence-electron chi connectivity index (χ2n) is 9.78. The highest BCUT2D eigenvalue weighted by Gasteiger charge is 2.41. The summed E-state index contributed by atoms with van der Waals surface area (Å²) in [5.41, 5.74) is 13.1. The van der Waals surface area contributed by atoms with E-state index in [1.54, 1.807) is 4.57 Å². The number of hydrogen-bond acceptors (Lipinski definition) is 4. The van der Waals surface area contributed by atoms with Crippen LogP contribution in [0, 0.1) is 12.7 Å². The molecule has 5 nitrogen and oxygen atoms in total. The monoisotopic (exact) mass is 431 g/mol. The van der Waals surface area contributed by atoms with Gasteiger partial charge < -0.3 is 10.3 Å². The maximum absolute atomic E-state index is 14.7. The third kappa shape index (κ3) is 2.28. The number of nitrogens with two attached hydrogens (primary N) is 1. The summed E-state index contributed by atoms with van der Waals surface area (Å²) in [4.78, 5) is 31.3. The molecule has 3 heterocycles. The van der Waals surface area contributed by atoms with Crippen LogP contribution < -0.4 is 11.3 Å². The normalized spacial score (nSPS) is 23.3. The Morgan fingerprint density at radius 2 is 1.97 bits per heavy atom. The summed E-state index contributed by atoms with van der Waals surface area (Å²) in [5.74, 6) is -0.0767. The van der Waals surface area contributed by atoms with Gasteiger partial charge in [0, 0.05) is 35.0 Å². The summed E-state index contributed by atoms with van der Waals surface area (Å²) < 4.78 is 16.5. The molecule has 1 aliphatic heterocycles. The second-order valence-corrected chi connectivity index (χ2v) is 9.78. The SMILES string of the molecule is CC[C@@]1(C)C(=O)CCc2c1cc1n(c2=O)Cc2c-1nc1cc(F)c(C)c3c1c2[C@@H](N)CC3. The van der Waals surface area contributed by atoms with Gasteiger partial charge >= 0.3 is 0 Å². The molecule has 0 fully saturated rings. The lowest BCUT2D eigenvalue weighted by atomic mass is 9.69. The first-order chi connectivity index (χ1) is 15.3. The van der Waals surface area contributed by atoms with Crippen LogP contribution in [0.1, 0.15) is 72.5 Å². The minimum absolute atomic E-state index is 0.0362. The van der Waals surface area contributed by atoms with Crippen LogP contribution in [-0.2, 0) is 29.6 Å². The number of carbonyl (C=O) groups excluding carboxylic acids is 1. The summed E-state index contributed by atoms with van der Waals surface area (Å²) in [6.07, 6.45) is 3.00. The molecular formula is C26H26FN3O2. The lowest BCUT2D eigenvalue weighted by Crippen LogP contribution is -2.41. The molecule has 164 valence electrons. The van der Waals surface area contributed by atoms with Crippen molar-refractivity contribution >= 4 is 16.7 Å². The second kappa shape index (κ2) is 6.35. The number of aryl methyl sites for hydroxylation is 1. The molecule has 0 unspecified atom stereocenters. The molecule has 0 spiro atoms. The first kappa shape index (κ1) is 19.8. The van der Waals surface area contributed by atoms with E-state index in [9.17, 15) is 14.0 Å². The van der Waals surface area contributed by atoms with Crippen LogP contribution in [0.3, 0.4) is 0 Å². The smallest absolute Gasteiger partial charge is 0.254 e. The summed E-state index contributed by atoms with van der Waals surface area (Å²) in [5, 5.41) is 0.959. The number of halogens is 1. The van der Waals surface area contributed by atoms with E-state index in [0.717, 1.165) is 51.7 Å². The van der Waals surface area contributed by atoms with Crippen molar-refractivity contribution in [3.8, 4) is 11.4 Å². The summed E-state index contributed by atoms with van der Waals surface area (Å²) in [6, 6.07) is 3.32. The summed E-state index contributed by atoms with van der Waals surface area (Å²) in [6.45, 7) is 6.17. The predicted octanol–water partition coefficient (Wildman–Crippen LogP) is 4.00. The molecule has 0 saturated heterocycles. The number of rotatable bonds is 1. The molecule has 0 saturated carbocycles. The van der Waals surface area contributed by atoms with Gasteiger partial charge in [-0.1, -0.05) is 6.92 Å². The summed E-state index contributed by atoms with van der Waals surface area (Å²) >= 11 is 0. The fourth-order valence-electron chi connectivity index (χ4n) is 6.17. The van der Waals surface area contributed by atoms with Gasteiger partial charge in [-0.2, -0.15) is 0 Å². The standard InChI is InChI=1S/C26H26FN3O2/c1-4-26(3)16-9-20-24-15(11-30(20)25(32)14(16)6-8-21(26)31)22-18(28)7-5-13-12(2)17(27)10-19(29-24)23(13)22/h9-10,18H,4-8,11,28H2,1-3H3/t18-,26+/m0/s1. The number of pyridine rings is 2. The maximum atomic E-state index is 14.7. The Hall–Kier alpha value is -2.86. The lowest BCUT2D eigenvalue weighted by Gasteiger charge is -2.33. The van der Waals surface area contributed by atoms with Crippen molar-refractivity contribution < 1.29 is 9.18 Å². The van der Waals surface area contributed by atoms with E-state index >= 15 is 0 Å². The third-order valence-electron chi connectivity index (χ3n) is 8.30. The number of aromatic nitrogens is 2. The predicted molar refractivity (Wildman–Crippen MR) is 121 cm³/mol. The van der Waals surface area contributed by atoms with E-state index in [-0.39, 0.29) is 23.2 Å². The van der Waals surface area contributed by atoms with Crippen LogP contribution in [0.25, 0.3) is 22.3 Å². The van der Waals surface area contributed by atoms with Crippen molar-refractivity contribution in [3.05, 3.63) is 61.7 Å². The fourth-order valence-corrected chi connectivity index (χ4v) is 6.17. The first-order valence-electron chi connectivity index (χ1n) is 11.5. The van der Waals surface area contributed by atoms with Gasteiger partial charge in [0.05, 0.1) is 28.9 Å². The van der Waals surface area contributed by atoms with Gasteiger partial charge in [0.15, 0.2) is 0 Å². The fraction of sp³-hybridized carbons (Fsp3) is 0.423. The van der Waals surface area contributed by atoms with Crippen molar-refractivity contribution in [2.45, 2.75) is 70.9 Å². The van der Waals surface area contributed by atoms with Gasteiger partial charge in [-0.05, 0) is 67.9 Å². The maximum Gasteiger partial charge on any atom is 0.254 e. The first-order valence-corrected chi connectivity index (χ1v) is 11.5. The molecular weight excluding hydrogens is 405 g/mol. The van der Waals surface area contributed by atoms with Crippen molar-refractivity contribution in [2.24, 2.45) is 5.73 Å². The van der Waals surface area contributed by atoms with Crippen molar-refractivity contribution in [2.75, 3.05) is 0 Å². The van der Waals surface area contributed by atoms with E-state index in [0.29, 0.717) is 42.6 Å². The molecule has 0 amide bonds. The Balaban J connectivity index is 1.70. The van der Waals surface area contributed by atoms with Gasteiger partial charge in [0.1, 0.15) is 11.6 Å². The number of benzene rings is 1. The van der Waals surface area contributed by atoms with Gasteiger partial charge in [0.25, 0.3) is 5.56 Å². The molecule has 3 aliphatic rings. The van der Waals surface area contributed by atoms with Crippen LogP contribution in [0.15, 0.2) is 16.9 Å². The number of hydrogen-bond donors (Lipinski definition) is 1. The highest BCUT2D eigenvalue weighted by atomic mass is 19.1. The molecule has 2 aliphatic carbocycles. The van der Waals surface area contributed by atoms with E-state index in [4.69, 9.17) is 10.7 Å². The number of fused-ring (bicyclic) bond motifs is 5. The molecule has 2 aromatic heterocycles. The number of carbonyl (C=O) groups is 1. The minimum Gasteiger partial charge on any atom is -0.324 e. The van der Waals surface area contributed by atoms with Gasteiger partial charge in [-0.3, -0.25) is 9.59 Å². The molecule has 2 atom stereocenters. The summed E-state index contributed by atoms with van der Waals surface area (Å²) in [7, 11) is 0. The van der Waals surface area contributed by atoms with E-state index in [1.165, 1.54) is 6.07 Å². The zero-order valence-electron chi connectivity index (χ0n) is 18.6. The lowest BCUT2D eigenvalue weighted by molar-refractivity contribution is -0.124. The van der Waals surface area contributed by atoms with Crippen LogP contribution in [0.4, 0.5) is 4.39 Å². The number of ketones is 1. The van der Waals surface area contributed by atoms with Crippen LogP contribution in [-0.4, -0.2) is 15.3 Å². The van der Waals surface area contributed by atoms with Crippen LogP contribution in [0.5, 0.6) is 0 Å². The molecule has 3 aromatic rings. The Morgan fingerprint density at radius 1 is 1.19 bits per heavy atom. The largest absolute Gasteiger partial charge is 0.324 e. The van der Waals surface area contributed by atoms with Crippen molar-refractivity contribution in [1.29, 1.82) is 0 Å². The van der Waals surface area contributed by atoms with Gasteiger partial charge in [-0.25, -0.2) is 9.37 Å². The average Bonchev–Trinajstić information content (AvgIpc) is 3.14. The van der Waals surface area contributed by atoms with Crippen LogP contribution >= 0.6 is 0 Å². The zero-order valence-corrected chi connectivity index (χ0v) is 18.6. The highest BCUT2D eigenvalue weighted by molar-refractivity contribution is 5.94. The molecule has 6 heteroatoms. The number of nitrogens with zero attached hydrogens (tertiary/aromatic N) is 2. The van der Waals surface area contributed by atoms with E-state index in [1.807, 2.05) is 26.8 Å². The molecule has 2 N–H and O–H groups in total. The van der Waals surface area contributed by atoms with Gasteiger partial charge in [-0.15, -0.1) is 0 Å². The Bertz CT molecular complexity index is 1440. The average molecular weight is 432 g/mol. The quantitative estimate of drug-likeness (QED) is 0.494. The van der Waals surface area contributed by atoms with Gasteiger partial charge in [0.2, 0.25) is 0 Å². The van der Waals surface area contributed by atoms with Crippen molar-refractivity contribution in [1.82, 2.24) is 9.55 Å². The van der Waals surface area contributed by atoms with E-state index < -0.39 is 5.41 Å². The minimum atomic E-state index is -0.664. The zero-order chi connectivity index (χ0) is 22.5. The van der Waals surface area contributed by atoms with Crippen molar-refractivity contribution in [3.63, 3.8) is 0 Å². The van der Waals surface area contributed by atoms with Crippen LogP contribution in [0.2, 0.25) is 0 Å². The molecule has 6 rings (SSSR count). The molecule has 0 radical (unpaired) electrons. The highest BCUT2D eigenvalue weighted by Crippen LogP contribution is 2.45. The topological polar surface area (TPSA) is 78.0 Å². The molecule has 0 bridgehead atoms. The van der Waals surface area contributed by atoms with E-state index in [2.05, 4.69) is 0 Å². The third-order valence-corrected chi connectivity index (χ3v) is 8.30.